The summed E-state index contributed by atoms with van der Waals surface area (Å²) in [7, 11) is 0. The van der Waals surface area contributed by atoms with Gasteiger partial charge >= 0.3 is 0 Å². The molecule has 0 radical (unpaired) electrons. The third-order valence-corrected chi connectivity index (χ3v) is 3.92. The molecule has 0 saturated carbocycles. The number of halogens is 1. The number of carbonyl (C=O) groups is 2. The molecule has 2 N–H and O–H groups in total. The smallest absolute Gasteiger partial charge is 0.291 e. The Kier molecular flexibility index (Phi) is 6.06. The molecule has 3 aromatic rings. The highest BCUT2D eigenvalue weighted by Gasteiger charge is 2.10. The van der Waals surface area contributed by atoms with Crippen LogP contribution in [0.1, 0.15) is 21.7 Å². The summed E-state index contributed by atoms with van der Waals surface area (Å²) in [5.74, 6) is -0.342. The fourth-order valence-corrected chi connectivity index (χ4v) is 2.48. The third-order valence-electron chi connectivity index (χ3n) is 3.92. The molecule has 0 spiro atoms. The van der Waals surface area contributed by atoms with Gasteiger partial charge in [-0.05, 0) is 48.4 Å². The Bertz CT molecular complexity index is 970. The van der Waals surface area contributed by atoms with Gasteiger partial charge in [0.2, 0.25) is 0 Å². The van der Waals surface area contributed by atoms with Crippen molar-refractivity contribution in [2.24, 2.45) is 0 Å². The lowest BCUT2D eigenvalue weighted by atomic mass is 10.1. The number of hydrogen-bond acceptors (Lipinski definition) is 4. The van der Waals surface area contributed by atoms with Gasteiger partial charge in [-0.3, -0.25) is 9.59 Å². The third kappa shape index (κ3) is 5.20. The Morgan fingerprint density at radius 3 is 2.71 bits per heavy atom. The van der Waals surface area contributed by atoms with Crippen molar-refractivity contribution in [2.75, 3.05) is 11.9 Å². The van der Waals surface area contributed by atoms with Crippen LogP contribution in [0.5, 0.6) is 5.75 Å². The van der Waals surface area contributed by atoms with E-state index in [2.05, 4.69) is 10.6 Å². The normalized spacial score (nSPS) is 10.4. The summed E-state index contributed by atoms with van der Waals surface area (Å²) in [5.41, 5.74) is 1.84. The van der Waals surface area contributed by atoms with Crippen molar-refractivity contribution in [3.05, 3.63) is 83.6 Å². The SMILES string of the molecule is Cc1cc(CNC(=O)COc2cccc(NC(=O)c3ccco3)c2)ccc1F. The second-order valence-electron chi connectivity index (χ2n) is 6.11. The van der Waals surface area contributed by atoms with Crippen molar-refractivity contribution in [3.8, 4) is 5.75 Å². The van der Waals surface area contributed by atoms with E-state index < -0.39 is 0 Å². The molecule has 0 aliphatic carbocycles. The van der Waals surface area contributed by atoms with Gasteiger partial charge in [0.15, 0.2) is 12.4 Å². The lowest BCUT2D eigenvalue weighted by Crippen LogP contribution is -2.28. The first kappa shape index (κ1) is 19.2. The van der Waals surface area contributed by atoms with Crippen LogP contribution in [0.2, 0.25) is 0 Å². The van der Waals surface area contributed by atoms with Gasteiger partial charge in [0.1, 0.15) is 11.6 Å². The fraction of sp³-hybridized carbons (Fsp3) is 0.143. The number of anilines is 1. The van der Waals surface area contributed by atoms with Gasteiger partial charge in [-0.25, -0.2) is 4.39 Å². The van der Waals surface area contributed by atoms with E-state index in [4.69, 9.17) is 9.15 Å². The highest BCUT2D eigenvalue weighted by atomic mass is 19.1. The van der Waals surface area contributed by atoms with Gasteiger partial charge in [0.25, 0.3) is 11.8 Å². The van der Waals surface area contributed by atoms with Crippen LogP contribution in [0.4, 0.5) is 10.1 Å². The molecule has 0 atom stereocenters. The first-order valence-corrected chi connectivity index (χ1v) is 8.61. The van der Waals surface area contributed by atoms with Crippen molar-refractivity contribution in [3.63, 3.8) is 0 Å². The van der Waals surface area contributed by atoms with E-state index in [-0.39, 0.29) is 36.5 Å². The predicted molar refractivity (Wildman–Crippen MR) is 102 cm³/mol. The molecule has 144 valence electrons. The summed E-state index contributed by atoms with van der Waals surface area (Å²) < 4.78 is 23.8. The second-order valence-corrected chi connectivity index (χ2v) is 6.11. The quantitative estimate of drug-likeness (QED) is 0.653. The van der Waals surface area contributed by atoms with Crippen LogP contribution in [0.3, 0.4) is 0 Å². The van der Waals surface area contributed by atoms with E-state index in [0.717, 1.165) is 5.56 Å². The van der Waals surface area contributed by atoms with Gasteiger partial charge in [0, 0.05) is 18.3 Å². The van der Waals surface area contributed by atoms with Gasteiger partial charge < -0.3 is 19.8 Å². The summed E-state index contributed by atoms with van der Waals surface area (Å²) >= 11 is 0. The molecule has 1 aromatic heterocycles. The van der Waals surface area contributed by atoms with Gasteiger partial charge in [-0.2, -0.15) is 0 Å². The standard InChI is InChI=1S/C21H19FN2O4/c1-14-10-15(7-8-18(14)22)12-23-20(25)13-28-17-5-2-4-16(11-17)24-21(26)19-6-3-9-27-19/h2-11H,12-13H2,1H3,(H,23,25)(H,24,26). The molecule has 0 unspecified atom stereocenters. The molecule has 2 amide bonds. The minimum atomic E-state index is -0.380. The summed E-state index contributed by atoms with van der Waals surface area (Å²) in [6.45, 7) is 1.76. The molecule has 28 heavy (non-hydrogen) atoms. The van der Waals surface area contributed by atoms with Gasteiger partial charge in [-0.1, -0.05) is 18.2 Å². The topological polar surface area (TPSA) is 80.6 Å². The minimum absolute atomic E-state index is 0.185. The van der Waals surface area contributed by atoms with E-state index in [1.165, 1.54) is 12.3 Å². The van der Waals surface area contributed by atoms with Crippen molar-refractivity contribution >= 4 is 17.5 Å². The molecule has 0 aliphatic rings. The number of furan rings is 1. The number of hydrogen-bond donors (Lipinski definition) is 2. The summed E-state index contributed by atoms with van der Waals surface area (Å²) in [6, 6.07) is 14.5. The number of aryl methyl sites for hydroxylation is 1. The lowest BCUT2D eigenvalue weighted by Gasteiger charge is -2.10. The molecular formula is C21H19FN2O4. The highest BCUT2D eigenvalue weighted by Crippen LogP contribution is 2.18. The number of nitrogens with one attached hydrogen (secondary N) is 2. The fourth-order valence-electron chi connectivity index (χ4n) is 2.48. The largest absolute Gasteiger partial charge is 0.484 e. The number of carbonyl (C=O) groups excluding carboxylic acids is 2. The molecule has 2 aromatic carbocycles. The van der Waals surface area contributed by atoms with Crippen molar-refractivity contribution in [1.82, 2.24) is 5.32 Å². The maximum atomic E-state index is 13.3. The van der Waals surface area contributed by atoms with Crippen molar-refractivity contribution in [2.45, 2.75) is 13.5 Å². The number of ether oxygens (including phenoxy) is 1. The Morgan fingerprint density at radius 1 is 1.11 bits per heavy atom. The average molecular weight is 382 g/mol. The lowest BCUT2D eigenvalue weighted by molar-refractivity contribution is -0.123. The minimum Gasteiger partial charge on any atom is -0.484 e. The van der Waals surface area contributed by atoms with Crippen LogP contribution in [0, 0.1) is 12.7 Å². The van der Waals surface area contributed by atoms with Crippen molar-refractivity contribution in [1.29, 1.82) is 0 Å². The Balaban J connectivity index is 1.49. The second kappa shape index (κ2) is 8.85. The monoisotopic (exact) mass is 382 g/mol. The van der Waals surface area contributed by atoms with E-state index in [9.17, 15) is 14.0 Å². The Hall–Kier alpha value is -3.61. The van der Waals surface area contributed by atoms with E-state index in [1.807, 2.05) is 0 Å². The molecule has 7 heteroatoms. The molecule has 1 heterocycles. The molecule has 3 rings (SSSR count). The van der Waals surface area contributed by atoms with Crippen LogP contribution in [-0.2, 0) is 11.3 Å². The summed E-state index contributed by atoms with van der Waals surface area (Å²) in [5, 5.41) is 5.40. The van der Waals surface area contributed by atoms with E-state index in [1.54, 1.807) is 55.5 Å². The Morgan fingerprint density at radius 2 is 1.96 bits per heavy atom. The predicted octanol–water partition coefficient (Wildman–Crippen LogP) is 3.67. The van der Waals surface area contributed by atoms with Crippen molar-refractivity contribution < 1.29 is 23.1 Å². The molecule has 0 fully saturated rings. The average Bonchev–Trinajstić information content (AvgIpc) is 3.22. The van der Waals surface area contributed by atoms with Crippen LogP contribution in [0.15, 0.2) is 65.3 Å². The maximum absolute atomic E-state index is 13.3. The zero-order valence-corrected chi connectivity index (χ0v) is 15.2. The van der Waals surface area contributed by atoms with E-state index in [0.29, 0.717) is 17.0 Å². The highest BCUT2D eigenvalue weighted by molar-refractivity contribution is 6.02. The summed E-state index contributed by atoms with van der Waals surface area (Å²) in [4.78, 5) is 24.0. The summed E-state index contributed by atoms with van der Waals surface area (Å²) in [6.07, 6.45) is 1.42. The molecule has 0 saturated heterocycles. The number of rotatable bonds is 7. The van der Waals surface area contributed by atoms with E-state index >= 15 is 0 Å². The maximum Gasteiger partial charge on any atom is 0.291 e. The molecule has 0 aliphatic heterocycles. The first-order chi connectivity index (χ1) is 13.5. The molecule has 0 bridgehead atoms. The van der Waals surface area contributed by atoms with Crippen LogP contribution < -0.4 is 15.4 Å². The number of benzene rings is 2. The van der Waals surface area contributed by atoms with Crippen LogP contribution in [0.25, 0.3) is 0 Å². The van der Waals surface area contributed by atoms with Crippen LogP contribution in [-0.4, -0.2) is 18.4 Å². The number of amides is 2. The van der Waals surface area contributed by atoms with Crippen LogP contribution >= 0.6 is 0 Å². The molecule has 6 nitrogen and oxygen atoms in total. The Labute approximate surface area is 161 Å². The zero-order chi connectivity index (χ0) is 19.9. The van der Waals surface area contributed by atoms with Gasteiger partial charge in [-0.15, -0.1) is 0 Å². The zero-order valence-electron chi connectivity index (χ0n) is 15.2. The van der Waals surface area contributed by atoms with Gasteiger partial charge in [0.05, 0.1) is 6.26 Å². The first-order valence-electron chi connectivity index (χ1n) is 8.61. The molecular weight excluding hydrogens is 363 g/mol.